The molecule has 0 fully saturated rings. The van der Waals surface area contributed by atoms with E-state index >= 15 is 0 Å². The van der Waals surface area contributed by atoms with Gasteiger partial charge in [-0.2, -0.15) is 0 Å². The lowest BCUT2D eigenvalue weighted by molar-refractivity contribution is -0.139. The van der Waals surface area contributed by atoms with Gasteiger partial charge in [-0.3, -0.25) is 14.5 Å². The van der Waals surface area contributed by atoms with Crippen LogP contribution in [0.15, 0.2) is 42.2 Å². The largest absolute Gasteiger partial charge is 0.272 e. The standard InChI is InChI=1S/C13H15NO2/c1-5-7-10-11(8-6-2)13(16)14(9(3)4)12(10)15/h5,8-9H,1-2,7H2,3-4H3. The van der Waals surface area contributed by atoms with Crippen LogP contribution in [-0.4, -0.2) is 22.8 Å². The van der Waals surface area contributed by atoms with E-state index in [4.69, 9.17) is 0 Å². The SMILES string of the molecule is C=C=CC1=C(CC=C)C(=O)N(C(C)C)C1=O. The zero-order valence-electron chi connectivity index (χ0n) is 9.62. The monoisotopic (exact) mass is 217 g/mol. The highest BCUT2D eigenvalue weighted by atomic mass is 16.2. The number of hydrogen-bond acceptors (Lipinski definition) is 2. The van der Waals surface area contributed by atoms with Gasteiger partial charge in [0, 0.05) is 11.6 Å². The van der Waals surface area contributed by atoms with Gasteiger partial charge in [0.25, 0.3) is 11.8 Å². The molecule has 16 heavy (non-hydrogen) atoms. The summed E-state index contributed by atoms with van der Waals surface area (Å²) in [6, 6.07) is -0.143. The number of carbonyl (C=O) groups excluding carboxylic acids is 2. The smallest absolute Gasteiger partial charge is 0.262 e. The van der Waals surface area contributed by atoms with Crippen LogP contribution in [0.1, 0.15) is 20.3 Å². The molecule has 1 aliphatic rings. The van der Waals surface area contributed by atoms with Crippen LogP contribution >= 0.6 is 0 Å². The molecule has 0 saturated carbocycles. The molecule has 0 saturated heterocycles. The molecule has 0 radical (unpaired) electrons. The van der Waals surface area contributed by atoms with Gasteiger partial charge in [-0.25, -0.2) is 0 Å². The number of rotatable bonds is 4. The van der Waals surface area contributed by atoms with Crippen LogP contribution in [0.3, 0.4) is 0 Å². The topological polar surface area (TPSA) is 37.4 Å². The van der Waals surface area contributed by atoms with Crippen molar-refractivity contribution in [1.29, 1.82) is 0 Å². The Kier molecular flexibility index (Phi) is 3.64. The minimum atomic E-state index is -0.270. The summed E-state index contributed by atoms with van der Waals surface area (Å²) in [5, 5.41) is 0. The molecule has 0 unspecified atom stereocenters. The van der Waals surface area contributed by atoms with E-state index in [0.717, 1.165) is 0 Å². The van der Waals surface area contributed by atoms with Crippen LogP contribution in [0, 0.1) is 0 Å². The van der Waals surface area contributed by atoms with Gasteiger partial charge < -0.3 is 0 Å². The van der Waals surface area contributed by atoms with Crippen molar-refractivity contribution in [2.75, 3.05) is 0 Å². The Bertz CT molecular complexity index is 423. The molecule has 3 heteroatoms. The van der Waals surface area contributed by atoms with Crippen LogP contribution in [0.4, 0.5) is 0 Å². The first-order valence-electron chi connectivity index (χ1n) is 5.12. The van der Waals surface area contributed by atoms with E-state index < -0.39 is 0 Å². The molecule has 3 nitrogen and oxygen atoms in total. The first kappa shape index (κ1) is 12.2. The summed E-state index contributed by atoms with van der Waals surface area (Å²) in [5.41, 5.74) is 3.40. The quantitative estimate of drug-likeness (QED) is 0.410. The molecule has 0 aliphatic carbocycles. The van der Waals surface area contributed by atoms with Crippen molar-refractivity contribution in [3.8, 4) is 0 Å². The molecular formula is C13H15NO2. The summed E-state index contributed by atoms with van der Waals surface area (Å²) < 4.78 is 0. The van der Waals surface area contributed by atoms with Crippen molar-refractivity contribution in [2.45, 2.75) is 26.3 Å². The molecule has 1 heterocycles. The van der Waals surface area contributed by atoms with Crippen molar-refractivity contribution in [2.24, 2.45) is 0 Å². The zero-order valence-corrected chi connectivity index (χ0v) is 9.62. The molecule has 0 bridgehead atoms. The highest BCUT2D eigenvalue weighted by Gasteiger charge is 2.37. The van der Waals surface area contributed by atoms with Crippen molar-refractivity contribution in [3.05, 3.63) is 42.2 Å². The lowest BCUT2D eigenvalue weighted by atomic mass is 10.1. The minimum absolute atomic E-state index is 0.143. The van der Waals surface area contributed by atoms with Crippen LogP contribution in [0.2, 0.25) is 0 Å². The van der Waals surface area contributed by atoms with E-state index in [1.165, 1.54) is 11.0 Å². The summed E-state index contributed by atoms with van der Waals surface area (Å²) in [6.07, 6.45) is 3.46. The third kappa shape index (κ3) is 1.90. The van der Waals surface area contributed by atoms with Gasteiger partial charge in [0.05, 0.1) is 5.57 Å². The Hall–Kier alpha value is -1.86. The van der Waals surface area contributed by atoms with Crippen molar-refractivity contribution < 1.29 is 9.59 Å². The van der Waals surface area contributed by atoms with Crippen LogP contribution in [0.5, 0.6) is 0 Å². The summed E-state index contributed by atoms with van der Waals surface area (Å²) >= 11 is 0. The second-order valence-electron chi connectivity index (χ2n) is 3.81. The molecule has 0 atom stereocenters. The Labute approximate surface area is 95.4 Å². The molecule has 1 rings (SSSR count). The third-order valence-electron chi connectivity index (χ3n) is 2.36. The van der Waals surface area contributed by atoms with Crippen molar-refractivity contribution in [3.63, 3.8) is 0 Å². The maximum absolute atomic E-state index is 12.0. The Morgan fingerprint density at radius 3 is 2.44 bits per heavy atom. The van der Waals surface area contributed by atoms with E-state index in [2.05, 4.69) is 18.9 Å². The van der Waals surface area contributed by atoms with Gasteiger partial charge in [0.2, 0.25) is 0 Å². The molecule has 0 aromatic rings. The van der Waals surface area contributed by atoms with Gasteiger partial charge in [-0.15, -0.1) is 12.3 Å². The lowest BCUT2D eigenvalue weighted by Gasteiger charge is -2.18. The number of nitrogens with zero attached hydrogens (tertiary/aromatic N) is 1. The second kappa shape index (κ2) is 4.77. The van der Waals surface area contributed by atoms with E-state index in [1.807, 2.05) is 13.8 Å². The van der Waals surface area contributed by atoms with Crippen molar-refractivity contribution in [1.82, 2.24) is 4.90 Å². The second-order valence-corrected chi connectivity index (χ2v) is 3.81. The number of amides is 2. The van der Waals surface area contributed by atoms with Gasteiger partial charge in [-0.05, 0) is 26.3 Å². The molecule has 2 amide bonds. The Balaban J connectivity index is 3.24. The number of imide groups is 1. The first-order chi connectivity index (χ1) is 7.54. The highest BCUT2D eigenvalue weighted by Crippen LogP contribution is 2.26. The maximum atomic E-state index is 12.0. The normalized spacial score (nSPS) is 15.8. The molecule has 0 spiro atoms. The highest BCUT2D eigenvalue weighted by molar-refractivity contribution is 6.20. The summed E-state index contributed by atoms with van der Waals surface area (Å²) in [6.45, 7) is 10.6. The van der Waals surface area contributed by atoms with Crippen molar-refractivity contribution >= 4 is 11.8 Å². The van der Waals surface area contributed by atoms with E-state index in [1.54, 1.807) is 6.08 Å². The fraction of sp³-hybridized carbons (Fsp3) is 0.308. The fourth-order valence-corrected chi connectivity index (χ4v) is 1.67. The van der Waals surface area contributed by atoms with E-state index in [-0.39, 0.29) is 17.9 Å². The van der Waals surface area contributed by atoms with Gasteiger partial charge in [-0.1, -0.05) is 12.7 Å². The maximum Gasteiger partial charge on any atom is 0.262 e. The molecule has 0 aromatic heterocycles. The summed E-state index contributed by atoms with van der Waals surface area (Å²) in [5.74, 6) is -0.505. The zero-order chi connectivity index (χ0) is 12.3. The molecule has 1 aliphatic heterocycles. The predicted octanol–water partition coefficient (Wildman–Crippen LogP) is 1.98. The van der Waals surface area contributed by atoms with E-state index in [0.29, 0.717) is 17.6 Å². The van der Waals surface area contributed by atoms with Crippen LogP contribution in [-0.2, 0) is 9.59 Å². The summed E-state index contributed by atoms with van der Waals surface area (Å²) in [4.78, 5) is 25.2. The molecular weight excluding hydrogens is 202 g/mol. The molecule has 0 N–H and O–H groups in total. The lowest BCUT2D eigenvalue weighted by Crippen LogP contribution is -2.37. The Morgan fingerprint density at radius 2 is 2.00 bits per heavy atom. The van der Waals surface area contributed by atoms with Gasteiger partial charge in [0.15, 0.2) is 0 Å². The van der Waals surface area contributed by atoms with Gasteiger partial charge >= 0.3 is 0 Å². The Morgan fingerprint density at radius 1 is 1.38 bits per heavy atom. The number of carbonyl (C=O) groups is 2. The average Bonchev–Trinajstić information content (AvgIpc) is 2.43. The number of hydrogen-bond donors (Lipinski definition) is 0. The third-order valence-corrected chi connectivity index (χ3v) is 2.36. The minimum Gasteiger partial charge on any atom is -0.272 e. The van der Waals surface area contributed by atoms with Gasteiger partial charge in [0.1, 0.15) is 0 Å². The van der Waals surface area contributed by atoms with Crippen LogP contribution in [0.25, 0.3) is 0 Å². The average molecular weight is 217 g/mol. The first-order valence-corrected chi connectivity index (χ1v) is 5.12. The predicted molar refractivity (Wildman–Crippen MR) is 62.5 cm³/mol. The number of allylic oxidation sites excluding steroid dienone is 1. The molecule has 0 aromatic carbocycles. The van der Waals surface area contributed by atoms with E-state index in [9.17, 15) is 9.59 Å². The summed E-state index contributed by atoms with van der Waals surface area (Å²) in [7, 11) is 0. The fourth-order valence-electron chi connectivity index (χ4n) is 1.67. The molecule has 84 valence electrons. The van der Waals surface area contributed by atoms with Crippen LogP contribution < -0.4 is 0 Å².